The Morgan fingerprint density at radius 2 is 1.65 bits per heavy atom. The van der Waals surface area contributed by atoms with Crippen LogP contribution in [0.4, 0.5) is 0 Å². The predicted octanol–water partition coefficient (Wildman–Crippen LogP) is 3.02. The van der Waals surface area contributed by atoms with Crippen LogP contribution < -0.4 is 5.19 Å². The molecule has 0 fully saturated rings. The van der Waals surface area contributed by atoms with E-state index in [1.54, 1.807) is 0 Å². The first-order chi connectivity index (χ1) is 9.69. The van der Waals surface area contributed by atoms with Gasteiger partial charge in [-0.25, -0.2) is 0 Å². The molecule has 0 saturated carbocycles. The van der Waals surface area contributed by atoms with Crippen LogP contribution in [-0.4, -0.2) is 13.1 Å². The highest BCUT2D eigenvalue weighted by atomic mass is 28.3. The van der Waals surface area contributed by atoms with Gasteiger partial charge in [0.2, 0.25) is 8.07 Å². The molecule has 0 amide bonds. The summed E-state index contributed by atoms with van der Waals surface area (Å²) in [6.07, 6.45) is 13.3. The molecule has 0 spiro atoms. The van der Waals surface area contributed by atoms with Crippen LogP contribution in [0.3, 0.4) is 0 Å². The smallest absolute Gasteiger partial charge is 0.243 e. The molecular formula is C18H13NSi. The molecule has 0 aliphatic heterocycles. The van der Waals surface area contributed by atoms with Crippen molar-refractivity contribution in [2.24, 2.45) is 0 Å². The van der Waals surface area contributed by atoms with Gasteiger partial charge in [0.15, 0.2) is 0 Å². The molecule has 2 heteroatoms. The monoisotopic (exact) mass is 271 g/mol. The molecule has 0 bridgehead atoms. The van der Waals surface area contributed by atoms with E-state index in [0.717, 1.165) is 26.9 Å². The molecule has 0 aliphatic rings. The molecule has 20 heavy (non-hydrogen) atoms. The van der Waals surface area contributed by atoms with E-state index in [9.17, 15) is 0 Å². The Bertz CT molecular complexity index is 883. The van der Waals surface area contributed by atoms with Gasteiger partial charge in [-0.3, -0.25) is 4.98 Å². The molecule has 0 radical (unpaired) electrons. The number of hydrogen-bond donors (Lipinski definition) is 0. The number of aromatic nitrogens is 1. The summed E-state index contributed by atoms with van der Waals surface area (Å²) in [4.78, 5) is 4.54. The summed E-state index contributed by atoms with van der Waals surface area (Å²) in [5, 5.41) is 4.45. The lowest BCUT2D eigenvalue weighted by Crippen LogP contribution is -2.42. The van der Waals surface area contributed by atoms with Gasteiger partial charge in [-0.15, -0.1) is 23.9 Å². The topological polar surface area (TPSA) is 12.9 Å². The van der Waals surface area contributed by atoms with Gasteiger partial charge >= 0.3 is 0 Å². The van der Waals surface area contributed by atoms with Gasteiger partial charge in [0.25, 0.3) is 0 Å². The SMILES string of the molecule is C#C[Si](C)(C#C)c1cccc2ccc3cccnc3c12. The summed E-state index contributed by atoms with van der Waals surface area (Å²) in [5.74, 6) is 0. The average Bonchev–Trinajstić information content (AvgIpc) is 2.53. The van der Waals surface area contributed by atoms with Gasteiger partial charge in [0, 0.05) is 17.0 Å². The van der Waals surface area contributed by atoms with Crippen molar-refractivity contribution in [1.29, 1.82) is 0 Å². The van der Waals surface area contributed by atoms with Gasteiger partial charge in [0.1, 0.15) is 0 Å². The first-order valence-electron chi connectivity index (χ1n) is 6.42. The van der Waals surface area contributed by atoms with Crippen molar-refractivity contribution < 1.29 is 0 Å². The third-order valence-electron chi connectivity index (χ3n) is 3.73. The van der Waals surface area contributed by atoms with Crippen LogP contribution in [0.15, 0.2) is 48.7 Å². The molecular weight excluding hydrogens is 258 g/mol. The van der Waals surface area contributed by atoms with Crippen LogP contribution in [0.1, 0.15) is 0 Å². The van der Waals surface area contributed by atoms with Crippen molar-refractivity contribution in [3.05, 3.63) is 48.7 Å². The average molecular weight is 271 g/mol. The zero-order chi connectivity index (χ0) is 14.2. The van der Waals surface area contributed by atoms with Crippen molar-refractivity contribution in [2.45, 2.75) is 6.55 Å². The predicted molar refractivity (Wildman–Crippen MR) is 88.2 cm³/mol. The van der Waals surface area contributed by atoms with Crippen LogP contribution in [0.2, 0.25) is 6.55 Å². The second-order valence-electron chi connectivity index (χ2n) is 4.96. The highest BCUT2D eigenvalue weighted by Gasteiger charge is 2.27. The molecule has 0 unspecified atom stereocenters. The Balaban J connectivity index is 2.55. The second-order valence-corrected chi connectivity index (χ2v) is 8.32. The number of pyridine rings is 1. The van der Waals surface area contributed by atoms with Gasteiger partial charge in [-0.1, -0.05) is 36.4 Å². The fraction of sp³-hybridized carbons (Fsp3) is 0.0556. The third-order valence-corrected chi connectivity index (χ3v) is 6.38. The van der Waals surface area contributed by atoms with E-state index < -0.39 is 8.07 Å². The van der Waals surface area contributed by atoms with Crippen LogP contribution in [0, 0.1) is 23.9 Å². The van der Waals surface area contributed by atoms with Gasteiger partial charge in [0.05, 0.1) is 5.52 Å². The fourth-order valence-electron chi connectivity index (χ4n) is 2.53. The van der Waals surface area contributed by atoms with Crippen molar-refractivity contribution in [3.8, 4) is 23.9 Å². The minimum absolute atomic E-state index is 0.977. The van der Waals surface area contributed by atoms with Crippen molar-refractivity contribution >= 4 is 34.9 Å². The first kappa shape index (κ1) is 12.5. The van der Waals surface area contributed by atoms with Crippen LogP contribution in [0.25, 0.3) is 21.7 Å². The van der Waals surface area contributed by atoms with Gasteiger partial charge in [-0.2, -0.15) is 0 Å². The first-order valence-corrected chi connectivity index (χ1v) is 8.92. The van der Waals surface area contributed by atoms with E-state index >= 15 is 0 Å². The summed E-state index contributed by atoms with van der Waals surface area (Å²) >= 11 is 0. The number of hydrogen-bond acceptors (Lipinski definition) is 1. The molecule has 1 heterocycles. The lowest BCUT2D eigenvalue weighted by molar-refractivity contribution is 1.43. The normalized spacial score (nSPS) is 11.2. The number of fused-ring (bicyclic) bond motifs is 3. The van der Waals surface area contributed by atoms with Crippen molar-refractivity contribution in [1.82, 2.24) is 4.98 Å². The molecule has 1 aromatic heterocycles. The van der Waals surface area contributed by atoms with Gasteiger partial charge < -0.3 is 0 Å². The molecule has 0 saturated heterocycles. The third kappa shape index (κ3) is 1.71. The van der Waals surface area contributed by atoms with E-state index in [-0.39, 0.29) is 0 Å². The molecule has 3 aromatic rings. The molecule has 94 valence electrons. The highest BCUT2D eigenvalue weighted by Crippen LogP contribution is 2.23. The summed E-state index contributed by atoms with van der Waals surface area (Å²) in [7, 11) is -2.34. The van der Waals surface area contributed by atoms with Crippen LogP contribution >= 0.6 is 0 Å². The van der Waals surface area contributed by atoms with Crippen LogP contribution in [-0.2, 0) is 0 Å². The van der Waals surface area contributed by atoms with E-state index in [4.69, 9.17) is 12.8 Å². The standard InChI is InChI=1S/C18H13NSi/c1-4-20(3,5-2)16-10-6-8-14-11-12-15-9-7-13-19-18(15)17(14)16/h1-2,6-13H,3H3. The lowest BCUT2D eigenvalue weighted by atomic mass is 10.1. The number of benzene rings is 2. The number of nitrogens with zero attached hydrogens (tertiary/aromatic N) is 1. The number of terminal acetylenes is 2. The minimum Gasteiger partial charge on any atom is -0.256 e. The molecule has 0 N–H and O–H groups in total. The summed E-state index contributed by atoms with van der Waals surface area (Å²) in [6, 6.07) is 14.3. The van der Waals surface area contributed by atoms with E-state index in [1.807, 2.05) is 24.9 Å². The molecule has 0 aliphatic carbocycles. The largest absolute Gasteiger partial charge is 0.256 e. The summed E-state index contributed by atoms with van der Waals surface area (Å²) in [5.41, 5.74) is 6.73. The second kappa shape index (κ2) is 4.53. The Kier molecular flexibility index (Phi) is 2.82. The maximum absolute atomic E-state index is 5.73. The quantitative estimate of drug-likeness (QED) is 0.377. The maximum atomic E-state index is 5.73. The Morgan fingerprint density at radius 1 is 0.950 bits per heavy atom. The lowest BCUT2D eigenvalue weighted by Gasteiger charge is -2.17. The minimum atomic E-state index is -2.34. The summed E-state index contributed by atoms with van der Waals surface area (Å²) in [6.45, 7) is 2.03. The van der Waals surface area contributed by atoms with Crippen LogP contribution in [0.5, 0.6) is 0 Å². The highest BCUT2D eigenvalue weighted by molar-refractivity contribution is 7.04. The molecule has 2 aromatic carbocycles. The Hall–Kier alpha value is -2.55. The fourth-order valence-corrected chi connectivity index (χ4v) is 4.11. The molecule has 3 rings (SSSR count). The van der Waals surface area contributed by atoms with Gasteiger partial charge in [-0.05, 0) is 23.2 Å². The zero-order valence-corrected chi connectivity index (χ0v) is 12.2. The molecule has 0 atom stereocenters. The summed E-state index contributed by atoms with van der Waals surface area (Å²) < 4.78 is 0. The van der Waals surface area contributed by atoms with Crippen molar-refractivity contribution in [2.75, 3.05) is 0 Å². The number of rotatable bonds is 1. The van der Waals surface area contributed by atoms with E-state index in [1.165, 1.54) is 0 Å². The molecule has 1 nitrogen and oxygen atoms in total. The maximum Gasteiger partial charge on any atom is 0.243 e. The van der Waals surface area contributed by atoms with Crippen molar-refractivity contribution in [3.63, 3.8) is 0 Å². The Morgan fingerprint density at radius 3 is 2.40 bits per heavy atom. The Labute approximate surface area is 119 Å². The zero-order valence-electron chi connectivity index (χ0n) is 11.2. The van der Waals surface area contributed by atoms with E-state index in [2.05, 4.69) is 46.4 Å². The van der Waals surface area contributed by atoms with E-state index in [0.29, 0.717) is 0 Å².